The van der Waals surface area contributed by atoms with Crippen LogP contribution in [0.15, 0.2) is 22.7 Å². The van der Waals surface area contributed by atoms with Gasteiger partial charge in [-0.2, -0.15) is 13.2 Å². The Balaban J connectivity index is 2.67. The third-order valence-corrected chi connectivity index (χ3v) is 2.87. The second-order valence-electron chi connectivity index (χ2n) is 3.49. The Labute approximate surface area is 106 Å². The van der Waals surface area contributed by atoms with Crippen molar-refractivity contribution in [2.24, 2.45) is 0 Å². The molecule has 0 heterocycles. The second kappa shape index (κ2) is 6.26. The first-order chi connectivity index (χ1) is 7.94. The summed E-state index contributed by atoms with van der Waals surface area (Å²) in [6.45, 7) is 0.201. The Morgan fingerprint density at radius 3 is 2.65 bits per heavy atom. The first kappa shape index (κ1) is 14.3. The van der Waals surface area contributed by atoms with E-state index in [2.05, 4.69) is 21.2 Å². The topological polar surface area (TPSA) is 21.3 Å². The Kier molecular flexibility index (Phi) is 5.27. The van der Waals surface area contributed by atoms with Gasteiger partial charge in [0.1, 0.15) is 0 Å². The van der Waals surface area contributed by atoms with Crippen molar-refractivity contribution in [2.75, 3.05) is 19.0 Å². The van der Waals surface area contributed by atoms with Gasteiger partial charge in [0.05, 0.1) is 13.0 Å². The molecule has 0 fully saturated rings. The maximum Gasteiger partial charge on any atom is 0.390 e. The highest BCUT2D eigenvalue weighted by atomic mass is 79.9. The number of hydrogen-bond donors (Lipinski definition) is 1. The van der Waals surface area contributed by atoms with E-state index in [9.17, 15) is 13.2 Å². The van der Waals surface area contributed by atoms with E-state index in [1.807, 2.05) is 6.07 Å². The number of methoxy groups -OCH3 is 1. The molecule has 0 saturated heterocycles. The quantitative estimate of drug-likeness (QED) is 0.888. The lowest BCUT2D eigenvalue weighted by Crippen LogP contribution is -2.15. The molecular weight excluding hydrogens is 299 g/mol. The van der Waals surface area contributed by atoms with Crippen LogP contribution < -0.4 is 5.32 Å². The van der Waals surface area contributed by atoms with Gasteiger partial charge in [-0.05, 0) is 12.1 Å². The van der Waals surface area contributed by atoms with Gasteiger partial charge in [-0.15, -0.1) is 0 Å². The fourth-order valence-electron chi connectivity index (χ4n) is 1.35. The van der Waals surface area contributed by atoms with E-state index < -0.39 is 12.6 Å². The van der Waals surface area contributed by atoms with Crippen molar-refractivity contribution in [1.82, 2.24) is 0 Å². The molecule has 6 heteroatoms. The summed E-state index contributed by atoms with van der Waals surface area (Å²) in [5.41, 5.74) is 1.47. The molecule has 0 unspecified atom stereocenters. The Bertz CT molecular complexity index is 368. The summed E-state index contributed by atoms with van der Waals surface area (Å²) in [5, 5.41) is 2.77. The molecular formula is C11H13BrF3NO. The number of anilines is 1. The third-order valence-electron chi connectivity index (χ3n) is 2.13. The molecule has 2 nitrogen and oxygen atoms in total. The first-order valence-corrected chi connectivity index (χ1v) is 5.80. The van der Waals surface area contributed by atoms with E-state index in [1.165, 1.54) is 0 Å². The summed E-state index contributed by atoms with van der Waals surface area (Å²) in [4.78, 5) is 0. The van der Waals surface area contributed by atoms with E-state index in [1.54, 1.807) is 19.2 Å². The number of nitrogens with one attached hydrogen (secondary N) is 1. The molecule has 0 spiro atoms. The first-order valence-electron chi connectivity index (χ1n) is 5.01. The third kappa shape index (κ3) is 4.95. The average Bonchev–Trinajstić information content (AvgIpc) is 2.21. The van der Waals surface area contributed by atoms with Crippen molar-refractivity contribution in [3.8, 4) is 0 Å². The molecule has 0 amide bonds. The Hall–Kier alpha value is -0.750. The highest BCUT2D eigenvalue weighted by molar-refractivity contribution is 9.10. The minimum atomic E-state index is -4.14. The van der Waals surface area contributed by atoms with Crippen LogP contribution in [0.25, 0.3) is 0 Å². The Morgan fingerprint density at radius 1 is 1.35 bits per heavy atom. The number of alkyl halides is 3. The maximum absolute atomic E-state index is 12.0. The van der Waals surface area contributed by atoms with Gasteiger partial charge < -0.3 is 10.1 Å². The van der Waals surface area contributed by atoms with Gasteiger partial charge >= 0.3 is 6.18 Å². The van der Waals surface area contributed by atoms with Crippen molar-refractivity contribution in [3.63, 3.8) is 0 Å². The van der Waals surface area contributed by atoms with Gasteiger partial charge in [-0.3, -0.25) is 0 Å². The number of halogens is 4. The smallest absolute Gasteiger partial charge is 0.384 e. The molecule has 0 atom stereocenters. The molecule has 0 aliphatic heterocycles. The minimum Gasteiger partial charge on any atom is -0.384 e. The van der Waals surface area contributed by atoms with Gasteiger partial charge in [0.15, 0.2) is 0 Å². The number of hydrogen-bond acceptors (Lipinski definition) is 2. The predicted molar refractivity (Wildman–Crippen MR) is 64.0 cm³/mol. The fourth-order valence-corrected chi connectivity index (χ4v) is 1.83. The largest absolute Gasteiger partial charge is 0.390 e. The van der Waals surface area contributed by atoms with Crippen molar-refractivity contribution >= 4 is 21.6 Å². The molecule has 1 rings (SSSR count). The molecule has 0 aromatic heterocycles. The number of benzene rings is 1. The van der Waals surface area contributed by atoms with Crippen LogP contribution in [-0.2, 0) is 11.3 Å². The van der Waals surface area contributed by atoms with E-state index in [4.69, 9.17) is 4.74 Å². The molecule has 1 N–H and O–H groups in total. The predicted octanol–water partition coefficient (Wildman–Crippen LogP) is 3.96. The second-order valence-corrected chi connectivity index (χ2v) is 4.35. The van der Waals surface area contributed by atoms with Crippen LogP contribution in [0.5, 0.6) is 0 Å². The zero-order valence-corrected chi connectivity index (χ0v) is 10.9. The minimum absolute atomic E-state index is 0.142. The van der Waals surface area contributed by atoms with Crippen LogP contribution >= 0.6 is 15.9 Å². The molecule has 1 aromatic rings. The van der Waals surface area contributed by atoms with Crippen LogP contribution in [-0.4, -0.2) is 19.8 Å². The van der Waals surface area contributed by atoms with Crippen molar-refractivity contribution in [1.29, 1.82) is 0 Å². The van der Waals surface area contributed by atoms with Crippen molar-refractivity contribution < 1.29 is 17.9 Å². The van der Waals surface area contributed by atoms with E-state index >= 15 is 0 Å². The summed E-state index contributed by atoms with van der Waals surface area (Å²) in [7, 11) is 1.54. The van der Waals surface area contributed by atoms with Crippen molar-refractivity contribution in [3.05, 3.63) is 28.2 Å². The standard InChI is InChI=1S/C11H13BrF3NO/c1-17-7-8-9(12)3-2-4-10(8)16-6-5-11(13,14)15/h2-4,16H,5-7H2,1H3. The molecule has 0 aliphatic rings. The zero-order chi connectivity index (χ0) is 12.9. The van der Waals surface area contributed by atoms with Crippen LogP contribution in [0.2, 0.25) is 0 Å². The average molecular weight is 312 g/mol. The van der Waals surface area contributed by atoms with Gasteiger partial charge in [0.25, 0.3) is 0 Å². The number of rotatable bonds is 5. The molecule has 0 bridgehead atoms. The van der Waals surface area contributed by atoms with Crippen LogP contribution in [0.4, 0.5) is 18.9 Å². The molecule has 0 saturated carbocycles. The fraction of sp³-hybridized carbons (Fsp3) is 0.455. The van der Waals surface area contributed by atoms with E-state index in [0.717, 1.165) is 10.0 Å². The molecule has 17 heavy (non-hydrogen) atoms. The monoisotopic (exact) mass is 311 g/mol. The number of ether oxygens (including phenoxy) is 1. The summed E-state index contributed by atoms with van der Waals surface area (Å²) < 4.78 is 41.9. The normalized spacial score (nSPS) is 11.6. The van der Waals surface area contributed by atoms with Gasteiger partial charge in [0, 0.05) is 29.4 Å². The van der Waals surface area contributed by atoms with E-state index in [0.29, 0.717) is 12.3 Å². The highest BCUT2D eigenvalue weighted by Crippen LogP contribution is 2.26. The van der Waals surface area contributed by atoms with Crippen LogP contribution in [0.1, 0.15) is 12.0 Å². The van der Waals surface area contributed by atoms with E-state index in [-0.39, 0.29) is 6.54 Å². The van der Waals surface area contributed by atoms with Crippen molar-refractivity contribution in [2.45, 2.75) is 19.2 Å². The summed E-state index contributed by atoms with van der Waals surface area (Å²) in [5.74, 6) is 0. The lowest BCUT2D eigenvalue weighted by Gasteiger charge is -2.14. The van der Waals surface area contributed by atoms with Crippen LogP contribution in [0.3, 0.4) is 0 Å². The lowest BCUT2D eigenvalue weighted by molar-refractivity contribution is -0.131. The summed E-state index contributed by atoms with van der Waals surface area (Å²) in [6.07, 6.45) is -4.99. The van der Waals surface area contributed by atoms with Crippen LogP contribution in [0, 0.1) is 0 Å². The zero-order valence-electron chi connectivity index (χ0n) is 9.27. The molecule has 1 aromatic carbocycles. The van der Waals surface area contributed by atoms with Gasteiger partial charge in [-0.1, -0.05) is 22.0 Å². The lowest BCUT2D eigenvalue weighted by atomic mass is 10.2. The maximum atomic E-state index is 12.0. The van der Waals surface area contributed by atoms with Gasteiger partial charge in [-0.25, -0.2) is 0 Å². The summed E-state index contributed by atoms with van der Waals surface area (Å²) >= 11 is 3.34. The SMILES string of the molecule is COCc1c(Br)cccc1NCCC(F)(F)F. The Morgan fingerprint density at radius 2 is 2.06 bits per heavy atom. The molecule has 96 valence electrons. The summed E-state index contributed by atoms with van der Waals surface area (Å²) in [6, 6.07) is 5.32. The van der Waals surface area contributed by atoms with Gasteiger partial charge in [0.2, 0.25) is 0 Å². The molecule has 0 aliphatic carbocycles. The molecule has 0 radical (unpaired) electrons. The highest BCUT2D eigenvalue weighted by Gasteiger charge is 2.26.